The molecule has 25 heavy (non-hydrogen) atoms. The van der Waals surface area contributed by atoms with E-state index >= 15 is 0 Å². The summed E-state index contributed by atoms with van der Waals surface area (Å²) < 4.78 is 4.99. The number of benzene rings is 1. The van der Waals surface area contributed by atoms with Crippen LogP contribution in [0, 0.1) is 5.92 Å². The molecule has 4 N–H and O–H groups in total. The van der Waals surface area contributed by atoms with E-state index in [0.29, 0.717) is 33.3 Å². The minimum Gasteiger partial charge on any atom is -0.388 e. The summed E-state index contributed by atoms with van der Waals surface area (Å²) in [6.07, 6.45) is 4.27. The molecule has 0 unspecified atom stereocenters. The SMILES string of the molecule is C[C@H](Nc1cc(-c2n[nH]c(=O)o2)cc(Cl)c1Cl)C1CCC(N)CC1.Cl. The first-order valence-corrected chi connectivity index (χ1v) is 8.76. The predicted molar refractivity (Wildman–Crippen MR) is 103 cm³/mol. The summed E-state index contributed by atoms with van der Waals surface area (Å²) in [7, 11) is 0. The number of halogens is 3. The third kappa shape index (κ3) is 4.70. The van der Waals surface area contributed by atoms with E-state index in [-0.39, 0.29) is 24.3 Å². The zero-order valence-corrected chi connectivity index (χ0v) is 16.0. The number of rotatable bonds is 4. The van der Waals surface area contributed by atoms with E-state index in [2.05, 4.69) is 22.4 Å². The zero-order chi connectivity index (χ0) is 17.3. The van der Waals surface area contributed by atoms with Crippen LogP contribution in [0.25, 0.3) is 11.5 Å². The van der Waals surface area contributed by atoms with Gasteiger partial charge in [-0.15, -0.1) is 17.5 Å². The van der Waals surface area contributed by atoms with Crippen molar-refractivity contribution in [1.82, 2.24) is 10.2 Å². The van der Waals surface area contributed by atoms with Crippen molar-refractivity contribution in [2.45, 2.75) is 44.7 Å². The summed E-state index contributed by atoms with van der Waals surface area (Å²) in [5.41, 5.74) is 7.26. The Hall–Kier alpha value is -1.21. The maximum atomic E-state index is 11.1. The van der Waals surface area contributed by atoms with Crippen LogP contribution < -0.4 is 16.8 Å². The molecule has 1 atom stereocenters. The number of nitrogens with zero attached hydrogens (tertiary/aromatic N) is 1. The summed E-state index contributed by atoms with van der Waals surface area (Å²) in [5, 5.41) is 10.3. The molecule has 6 nitrogen and oxygen atoms in total. The van der Waals surface area contributed by atoms with Gasteiger partial charge < -0.3 is 15.5 Å². The van der Waals surface area contributed by atoms with Crippen LogP contribution in [0.4, 0.5) is 5.69 Å². The Morgan fingerprint density at radius 3 is 2.60 bits per heavy atom. The lowest BCUT2D eigenvalue weighted by Gasteiger charge is -2.32. The van der Waals surface area contributed by atoms with Crippen molar-refractivity contribution in [2.24, 2.45) is 11.7 Å². The van der Waals surface area contributed by atoms with Gasteiger partial charge in [-0.25, -0.2) is 9.89 Å². The molecule has 1 aliphatic carbocycles. The highest BCUT2D eigenvalue weighted by Crippen LogP contribution is 2.36. The standard InChI is InChI=1S/C16H20Cl2N4O2.ClH/c1-8(9-2-4-11(19)5-3-9)20-13-7-10(6-12(17)14(13)18)15-21-22-16(23)24-15;/h6-9,11,20H,2-5,19H2,1H3,(H,22,23);1H/t8-,9?,11?;/m0./s1. The average molecular weight is 408 g/mol. The van der Waals surface area contributed by atoms with Gasteiger partial charge in [0.05, 0.1) is 15.7 Å². The van der Waals surface area contributed by atoms with Crippen LogP contribution in [0.5, 0.6) is 0 Å². The van der Waals surface area contributed by atoms with Crippen molar-refractivity contribution in [3.8, 4) is 11.5 Å². The minimum atomic E-state index is -0.613. The van der Waals surface area contributed by atoms with Crippen LogP contribution in [0.15, 0.2) is 21.3 Å². The fraction of sp³-hybridized carbons (Fsp3) is 0.500. The normalized spacial score (nSPS) is 21.4. The zero-order valence-electron chi connectivity index (χ0n) is 13.7. The van der Waals surface area contributed by atoms with Gasteiger partial charge in [-0.1, -0.05) is 23.2 Å². The van der Waals surface area contributed by atoms with Gasteiger partial charge in [0, 0.05) is 17.6 Å². The number of hydrogen-bond acceptors (Lipinski definition) is 5. The molecule has 0 aliphatic heterocycles. The molecular weight excluding hydrogens is 387 g/mol. The molecule has 2 aromatic rings. The van der Waals surface area contributed by atoms with Crippen molar-refractivity contribution in [1.29, 1.82) is 0 Å². The monoisotopic (exact) mass is 406 g/mol. The first-order chi connectivity index (χ1) is 11.4. The van der Waals surface area contributed by atoms with Gasteiger partial charge in [0.2, 0.25) is 5.89 Å². The topological polar surface area (TPSA) is 96.9 Å². The Kier molecular flexibility index (Phi) is 6.79. The van der Waals surface area contributed by atoms with Gasteiger partial charge in [-0.2, -0.15) is 0 Å². The summed E-state index contributed by atoms with van der Waals surface area (Å²) in [6, 6.07) is 3.96. The van der Waals surface area contributed by atoms with Crippen LogP contribution >= 0.6 is 35.6 Å². The molecule has 1 saturated carbocycles. The molecule has 1 aromatic carbocycles. The molecule has 1 fully saturated rings. The highest BCUT2D eigenvalue weighted by atomic mass is 35.5. The minimum absolute atomic E-state index is 0. The third-order valence-corrected chi connectivity index (χ3v) is 5.42. The van der Waals surface area contributed by atoms with Crippen LogP contribution in [-0.4, -0.2) is 22.3 Å². The molecule has 0 amide bonds. The van der Waals surface area contributed by atoms with E-state index in [4.69, 9.17) is 33.4 Å². The Morgan fingerprint density at radius 1 is 1.32 bits per heavy atom. The number of hydrogen-bond donors (Lipinski definition) is 3. The van der Waals surface area contributed by atoms with E-state index in [1.54, 1.807) is 12.1 Å². The van der Waals surface area contributed by atoms with Gasteiger partial charge in [0.1, 0.15) is 0 Å². The fourth-order valence-electron chi connectivity index (χ4n) is 3.18. The lowest BCUT2D eigenvalue weighted by molar-refractivity contribution is 0.302. The van der Waals surface area contributed by atoms with E-state index < -0.39 is 5.76 Å². The number of H-pyrrole nitrogens is 1. The molecule has 0 radical (unpaired) electrons. The Morgan fingerprint density at radius 2 is 2.00 bits per heavy atom. The highest BCUT2D eigenvalue weighted by molar-refractivity contribution is 6.44. The molecule has 1 aromatic heterocycles. The predicted octanol–water partition coefficient (Wildman–Crippen LogP) is 4.08. The molecule has 138 valence electrons. The summed E-state index contributed by atoms with van der Waals surface area (Å²) in [4.78, 5) is 11.1. The van der Waals surface area contributed by atoms with E-state index in [9.17, 15) is 4.79 Å². The lowest BCUT2D eigenvalue weighted by atomic mass is 9.82. The van der Waals surface area contributed by atoms with E-state index in [1.807, 2.05) is 0 Å². The summed E-state index contributed by atoms with van der Waals surface area (Å²) in [5.74, 6) is 0.0991. The van der Waals surface area contributed by atoms with Crippen molar-refractivity contribution < 1.29 is 4.42 Å². The van der Waals surface area contributed by atoms with Crippen molar-refractivity contribution in [3.63, 3.8) is 0 Å². The van der Waals surface area contributed by atoms with Gasteiger partial charge in [-0.3, -0.25) is 0 Å². The second-order valence-electron chi connectivity index (χ2n) is 6.35. The second kappa shape index (κ2) is 8.45. The average Bonchev–Trinajstić information content (AvgIpc) is 2.98. The number of nitrogens with two attached hydrogens (primary N) is 1. The largest absolute Gasteiger partial charge is 0.434 e. The lowest BCUT2D eigenvalue weighted by Crippen LogP contribution is -2.34. The van der Waals surface area contributed by atoms with Crippen molar-refractivity contribution in [3.05, 3.63) is 32.7 Å². The third-order valence-electron chi connectivity index (χ3n) is 4.62. The van der Waals surface area contributed by atoms with Crippen LogP contribution in [0.2, 0.25) is 10.0 Å². The van der Waals surface area contributed by atoms with Gasteiger partial charge in [0.25, 0.3) is 0 Å². The maximum Gasteiger partial charge on any atom is 0.434 e. The number of aromatic nitrogens is 2. The number of anilines is 1. The number of nitrogens with one attached hydrogen (secondary N) is 2. The summed E-state index contributed by atoms with van der Waals surface area (Å²) in [6.45, 7) is 2.13. The molecule has 3 rings (SSSR count). The van der Waals surface area contributed by atoms with Gasteiger partial charge in [0.15, 0.2) is 0 Å². The van der Waals surface area contributed by atoms with E-state index in [0.717, 1.165) is 25.7 Å². The first-order valence-electron chi connectivity index (χ1n) is 8.01. The van der Waals surface area contributed by atoms with E-state index in [1.165, 1.54) is 0 Å². The molecular formula is C16H21Cl3N4O2. The molecule has 9 heteroatoms. The molecule has 0 saturated heterocycles. The smallest absolute Gasteiger partial charge is 0.388 e. The Labute approximate surface area is 161 Å². The second-order valence-corrected chi connectivity index (χ2v) is 7.13. The van der Waals surface area contributed by atoms with Gasteiger partial charge in [-0.05, 0) is 50.7 Å². The van der Waals surface area contributed by atoms with Crippen LogP contribution in [-0.2, 0) is 0 Å². The highest BCUT2D eigenvalue weighted by Gasteiger charge is 2.24. The summed E-state index contributed by atoms with van der Waals surface area (Å²) >= 11 is 12.5. The first kappa shape index (κ1) is 20.1. The molecule has 0 spiro atoms. The number of aromatic amines is 1. The molecule has 1 heterocycles. The molecule has 0 bridgehead atoms. The van der Waals surface area contributed by atoms with Crippen LogP contribution in [0.1, 0.15) is 32.6 Å². The fourth-order valence-corrected chi connectivity index (χ4v) is 3.56. The maximum absolute atomic E-state index is 11.1. The van der Waals surface area contributed by atoms with Gasteiger partial charge >= 0.3 is 5.76 Å². The Balaban J connectivity index is 0.00000225. The quantitative estimate of drug-likeness (QED) is 0.709. The molecule has 1 aliphatic rings. The van der Waals surface area contributed by atoms with Crippen LogP contribution in [0.3, 0.4) is 0 Å². The Bertz CT molecular complexity index is 769. The van der Waals surface area contributed by atoms with Crippen molar-refractivity contribution >= 4 is 41.3 Å². The van der Waals surface area contributed by atoms with Crippen molar-refractivity contribution in [2.75, 3.05) is 5.32 Å².